The molecule has 0 aromatic heterocycles. The van der Waals surface area contributed by atoms with Gasteiger partial charge >= 0.3 is 0 Å². The molecule has 0 heterocycles. The number of ether oxygens (including phenoxy) is 1. The number of carbonyl (C=O) groups is 1. The highest BCUT2D eigenvalue weighted by atomic mass is 16.5. The van der Waals surface area contributed by atoms with Crippen LogP contribution < -0.4 is 10.6 Å². The summed E-state index contributed by atoms with van der Waals surface area (Å²) in [6.07, 6.45) is 1.76. The second-order valence-electron chi connectivity index (χ2n) is 3.20. The van der Waals surface area contributed by atoms with Gasteiger partial charge in [0, 0.05) is 19.7 Å². The van der Waals surface area contributed by atoms with E-state index in [1.165, 1.54) is 0 Å². The van der Waals surface area contributed by atoms with Crippen molar-refractivity contribution in [2.24, 2.45) is 0 Å². The molecule has 0 spiro atoms. The summed E-state index contributed by atoms with van der Waals surface area (Å²) in [4.78, 5) is 11.4. The monoisotopic (exact) mass is 200 g/mol. The summed E-state index contributed by atoms with van der Waals surface area (Å²) in [7, 11) is 1.60. The molecule has 0 aliphatic heterocycles. The zero-order valence-corrected chi connectivity index (χ0v) is 9.17. The van der Waals surface area contributed by atoms with Crippen LogP contribution in [0.25, 0.3) is 0 Å². The summed E-state index contributed by atoms with van der Waals surface area (Å²) >= 11 is 0. The lowest BCUT2D eigenvalue weighted by Crippen LogP contribution is -2.45. The van der Waals surface area contributed by atoms with Crippen molar-refractivity contribution in [1.29, 1.82) is 0 Å². The Bertz CT molecular complexity index is 183. The summed E-state index contributed by atoms with van der Waals surface area (Å²) in [5.74, 6) is -0.0178. The second kappa shape index (κ2) is 7.53. The Morgan fingerprint density at radius 2 is 2.21 bits per heavy atom. The zero-order chi connectivity index (χ0) is 11.0. The Balaban J connectivity index is 3.70. The van der Waals surface area contributed by atoms with Crippen LogP contribution in [0.2, 0.25) is 0 Å². The SMILES string of the molecule is C=CC(C)NC(C)C(=O)NCCOC. The lowest BCUT2D eigenvalue weighted by molar-refractivity contribution is -0.123. The van der Waals surface area contributed by atoms with Crippen molar-refractivity contribution in [3.05, 3.63) is 12.7 Å². The van der Waals surface area contributed by atoms with Gasteiger partial charge in [0.25, 0.3) is 0 Å². The van der Waals surface area contributed by atoms with Gasteiger partial charge in [-0.05, 0) is 13.8 Å². The van der Waals surface area contributed by atoms with E-state index in [9.17, 15) is 4.79 Å². The molecule has 0 fully saturated rings. The standard InChI is InChI=1S/C10H20N2O2/c1-5-8(2)12-9(3)10(13)11-6-7-14-4/h5,8-9,12H,1,6-7H2,2-4H3,(H,11,13). The van der Waals surface area contributed by atoms with Gasteiger partial charge in [-0.25, -0.2) is 0 Å². The highest BCUT2D eigenvalue weighted by Gasteiger charge is 2.12. The van der Waals surface area contributed by atoms with Crippen LogP contribution in [-0.2, 0) is 9.53 Å². The fourth-order valence-corrected chi connectivity index (χ4v) is 0.967. The summed E-state index contributed by atoms with van der Waals surface area (Å²) in [5.41, 5.74) is 0. The minimum Gasteiger partial charge on any atom is -0.383 e. The molecule has 0 saturated carbocycles. The van der Waals surface area contributed by atoms with Crippen LogP contribution in [0.4, 0.5) is 0 Å². The smallest absolute Gasteiger partial charge is 0.236 e. The quantitative estimate of drug-likeness (QED) is 0.459. The van der Waals surface area contributed by atoms with Crippen LogP contribution in [0.3, 0.4) is 0 Å². The van der Waals surface area contributed by atoms with E-state index in [1.54, 1.807) is 13.2 Å². The highest BCUT2D eigenvalue weighted by molar-refractivity contribution is 5.81. The molecule has 4 nitrogen and oxygen atoms in total. The van der Waals surface area contributed by atoms with Gasteiger partial charge in [-0.15, -0.1) is 6.58 Å². The van der Waals surface area contributed by atoms with Crippen molar-refractivity contribution < 1.29 is 9.53 Å². The minimum absolute atomic E-state index is 0.0178. The van der Waals surface area contributed by atoms with Crippen LogP contribution in [0, 0.1) is 0 Å². The highest BCUT2D eigenvalue weighted by Crippen LogP contribution is 1.88. The molecule has 2 N–H and O–H groups in total. The first-order valence-corrected chi connectivity index (χ1v) is 4.77. The molecule has 0 radical (unpaired) electrons. The fourth-order valence-electron chi connectivity index (χ4n) is 0.967. The molecule has 0 rings (SSSR count). The summed E-state index contributed by atoms with van der Waals surface area (Å²) in [6, 6.07) is -0.0713. The molecule has 14 heavy (non-hydrogen) atoms. The van der Waals surface area contributed by atoms with E-state index in [0.717, 1.165) is 0 Å². The van der Waals surface area contributed by atoms with Crippen LogP contribution in [0.1, 0.15) is 13.8 Å². The molecule has 1 amide bonds. The van der Waals surface area contributed by atoms with Gasteiger partial charge in [0.2, 0.25) is 5.91 Å². The van der Waals surface area contributed by atoms with Gasteiger partial charge in [0.15, 0.2) is 0 Å². The third-order valence-electron chi connectivity index (χ3n) is 1.87. The number of amides is 1. The molecular formula is C10H20N2O2. The molecule has 0 aliphatic rings. The van der Waals surface area contributed by atoms with Gasteiger partial charge in [-0.2, -0.15) is 0 Å². The molecule has 2 unspecified atom stereocenters. The van der Waals surface area contributed by atoms with Crippen LogP contribution >= 0.6 is 0 Å². The van der Waals surface area contributed by atoms with E-state index < -0.39 is 0 Å². The third kappa shape index (κ3) is 5.72. The average molecular weight is 200 g/mol. The number of methoxy groups -OCH3 is 1. The van der Waals surface area contributed by atoms with Crippen LogP contribution in [0.5, 0.6) is 0 Å². The van der Waals surface area contributed by atoms with Crippen LogP contribution in [-0.4, -0.2) is 38.3 Å². The molecule has 0 saturated heterocycles. The summed E-state index contributed by atoms with van der Waals surface area (Å²) in [6.45, 7) is 8.49. The Kier molecular flexibility index (Phi) is 7.06. The van der Waals surface area contributed by atoms with Crippen LogP contribution in [0.15, 0.2) is 12.7 Å². The largest absolute Gasteiger partial charge is 0.383 e. The van der Waals surface area contributed by atoms with Crippen molar-refractivity contribution >= 4 is 5.91 Å². The van der Waals surface area contributed by atoms with Gasteiger partial charge in [-0.1, -0.05) is 6.08 Å². The summed E-state index contributed by atoms with van der Waals surface area (Å²) < 4.78 is 4.82. The molecule has 2 atom stereocenters. The number of nitrogens with one attached hydrogen (secondary N) is 2. The zero-order valence-electron chi connectivity index (χ0n) is 9.17. The van der Waals surface area contributed by atoms with Gasteiger partial charge in [0.1, 0.15) is 0 Å². The van der Waals surface area contributed by atoms with Crippen molar-refractivity contribution in [1.82, 2.24) is 10.6 Å². The van der Waals surface area contributed by atoms with Crippen molar-refractivity contribution in [3.63, 3.8) is 0 Å². The third-order valence-corrected chi connectivity index (χ3v) is 1.87. The number of hydrogen-bond donors (Lipinski definition) is 2. The Morgan fingerprint density at radius 1 is 1.57 bits per heavy atom. The van der Waals surface area contributed by atoms with Crippen molar-refractivity contribution in [2.45, 2.75) is 25.9 Å². The van der Waals surface area contributed by atoms with E-state index in [4.69, 9.17) is 4.74 Å². The maximum Gasteiger partial charge on any atom is 0.236 e. The average Bonchev–Trinajstić information content (AvgIpc) is 2.17. The Hall–Kier alpha value is -0.870. The fraction of sp³-hybridized carbons (Fsp3) is 0.700. The predicted octanol–water partition coefficient (Wildman–Crippen LogP) is 0.302. The normalized spacial score (nSPS) is 14.5. The summed E-state index contributed by atoms with van der Waals surface area (Å²) in [5, 5.41) is 5.84. The minimum atomic E-state index is -0.208. The van der Waals surface area contributed by atoms with Crippen molar-refractivity contribution in [3.8, 4) is 0 Å². The first-order chi connectivity index (χ1) is 6.61. The van der Waals surface area contributed by atoms with E-state index in [2.05, 4.69) is 17.2 Å². The first kappa shape index (κ1) is 13.1. The maximum absolute atomic E-state index is 11.4. The second-order valence-corrected chi connectivity index (χ2v) is 3.20. The van der Waals surface area contributed by atoms with Gasteiger partial charge in [0.05, 0.1) is 12.6 Å². The molecular weight excluding hydrogens is 180 g/mol. The van der Waals surface area contributed by atoms with E-state index in [1.807, 2.05) is 13.8 Å². The Labute approximate surface area is 85.7 Å². The predicted molar refractivity (Wildman–Crippen MR) is 57.1 cm³/mol. The van der Waals surface area contributed by atoms with E-state index in [-0.39, 0.29) is 18.0 Å². The molecule has 0 bridgehead atoms. The molecule has 82 valence electrons. The number of hydrogen-bond acceptors (Lipinski definition) is 3. The first-order valence-electron chi connectivity index (χ1n) is 4.77. The molecule has 0 aromatic rings. The molecule has 0 aliphatic carbocycles. The number of carbonyl (C=O) groups excluding carboxylic acids is 1. The topological polar surface area (TPSA) is 50.4 Å². The number of rotatable bonds is 7. The van der Waals surface area contributed by atoms with Crippen molar-refractivity contribution in [2.75, 3.05) is 20.3 Å². The molecule has 0 aromatic carbocycles. The molecule has 4 heteroatoms. The Morgan fingerprint density at radius 3 is 2.71 bits per heavy atom. The lowest BCUT2D eigenvalue weighted by atomic mass is 10.2. The lowest BCUT2D eigenvalue weighted by Gasteiger charge is -2.16. The van der Waals surface area contributed by atoms with E-state index >= 15 is 0 Å². The van der Waals surface area contributed by atoms with Gasteiger partial charge in [-0.3, -0.25) is 4.79 Å². The maximum atomic E-state index is 11.4. The van der Waals surface area contributed by atoms with E-state index in [0.29, 0.717) is 13.2 Å². The van der Waals surface area contributed by atoms with Gasteiger partial charge < -0.3 is 15.4 Å².